The summed E-state index contributed by atoms with van der Waals surface area (Å²) in [6.45, 7) is 4.38. The van der Waals surface area contributed by atoms with E-state index in [1.807, 2.05) is 24.3 Å². The Kier molecular flexibility index (Phi) is 13.3. The van der Waals surface area contributed by atoms with Crippen molar-refractivity contribution in [2.45, 2.75) is 13.8 Å². The van der Waals surface area contributed by atoms with Crippen molar-refractivity contribution in [2.24, 2.45) is 0 Å². The molecule has 2 nitrogen and oxygen atoms in total. The second kappa shape index (κ2) is 20.7. The normalized spacial score (nSPS) is 11.8. The molecule has 0 radical (unpaired) electrons. The van der Waals surface area contributed by atoms with E-state index in [0.717, 1.165) is 17.1 Å². The van der Waals surface area contributed by atoms with Crippen LogP contribution in [0.4, 0.5) is 0 Å². The van der Waals surface area contributed by atoms with Gasteiger partial charge in [-0.1, -0.05) is 206 Å². The maximum Gasteiger partial charge on any atom is 0.118 e. The van der Waals surface area contributed by atoms with Crippen molar-refractivity contribution in [1.29, 1.82) is 0 Å². The number of fused-ring (bicyclic) bond motifs is 4. The van der Waals surface area contributed by atoms with Crippen LogP contribution < -0.4 is 9.47 Å². The van der Waals surface area contributed by atoms with Crippen LogP contribution in [0, 0.1) is 13.8 Å². The molecule has 0 unspecified atom stereocenters. The minimum Gasteiger partial charge on any atom is -0.497 e. The summed E-state index contributed by atoms with van der Waals surface area (Å²) in [7, 11) is 3.40. The van der Waals surface area contributed by atoms with Gasteiger partial charge in [-0.25, -0.2) is 0 Å². The van der Waals surface area contributed by atoms with Gasteiger partial charge >= 0.3 is 0 Å². The highest BCUT2D eigenvalue weighted by molar-refractivity contribution is 6.11. The summed E-state index contributed by atoms with van der Waals surface area (Å²) >= 11 is 0. The number of methoxy groups -OCH3 is 2. The van der Waals surface area contributed by atoms with Crippen LogP contribution in [0.3, 0.4) is 0 Å². The van der Waals surface area contributed by atoms with Crippen molar-refractivity contribution in [3.05, 3.63) is 286 Å². The van der Waals surface area contributed by atoms with Crippen molar-refractivity contribution in [3.8, 4) is 11.5 Å². The lowest BCUT2D eigenvalue weighted by Gasteiger charge is -2.13. The maximum atomic E-state index is 5.46. The van der Waals surface area contributed by atoms with Crippen LogP contribution in [0.15, 0.2) is 231 Å². The van der Waals surface area contributed by atoms with Gasteiger partial charge in [-0.3, -0.25) is 0 Å². The molecule has 0 amide bonds. The Morgan fingerprint density at radius 3 is 1.20 bits per heavy atom. The molecule has 2 heteroatoms. The number of aryl methyl sites for hydroxylation is 2. The fraction of sp³-hybridized carbons (Fsp3) is 0.0588. The second-order valence-electron chi connectivity index (χ2n) is 17.6. The van der Waals surface area contributed by atoms with Crippen molar-refractivity contribution >= 4 is 78.5 Å². The van der Waals surface area contributed by atoms with Gasteiger partial charge in [0, 0.05) is 0 Å². The molecular formula is C68H54O2. The Bertz CT molecular complexity index is 3680. The summed E-state index contributed by atoms with van der Waals surface area (Å²) in [6.07, 6.45) is 9.15. The van der Waals surface area contributed by atoms with E-state index in [4.69, 9.17) is 9.47 Å². The first kappa shape index (κ1) is 45.1. The number of ether oxygens (including phenoxy) is 2. The summed E-state index contributed by atoms with van der Waals surface area (Å²) in [5.41, 5.74) is 14.5. The first-order chi connectivity index (χ1) is 34.4. The molecule has 0 spiro atoms. The molecule has 0 heterocycles. The Labute approximate surface area is 411 Å². The Hall–Kier alpha value is -8.72. The average Bonchev–Trinajstić information content (AvgIpc) is 3.42. The highest BCUT2D eigenvalue weighted by atomic mass is 16.5. The number of benzene rings is 11. The smallest absolute Gasteiger partial charge is 0.118 e. The van der Waals surface area contributed by atoms with Crippen LogP contribution in [0.25, 0.3) is 78.5 Å². The van der Waals surface area contributed by atoms with Crippen LogP contribution in [-0.2, 0) is 0 Å². The summed E-state index contributed by atoms with van der Waals surface area (Å²) in [6, 6.07) is 81.6. The van der Waals surface area contributed by atoms with Gasteiger partial charge in [0.1, 0.15) is 11.5 Å². The molecule has 11 aromatic carbocycles. The van der Waals surface area contributed by atoms with Crippen molar-refractivity contribution in [3.63, 3.8) is 0 Å². The molecule has 0 saturated carbocycles. The molecule has 70 heavy (non-hydrogen) atoms. The Morgan fingerprint density at radius 1 is 0.329 bits per heavy atom. The molecule has 0 bridgehead atoms. The van der Waals surface area contributed by atoms with Crippen molar-refractivity contribution in [2.75, 3.05) is 14.2 Å². The fourth-order valence-corrected chi connectivity index (χ4v) is 9.51. The third-order valence-corrected chi connectivity index (χ3v) is 13.4. The lowest BCUT2D eigenvalue weighted by molar-refractivity contribution is 0.414. The van der Waals surface area contributed by atoms with E-state index < -0.39 is 0 Å². The lowest BCUT2D eigenvalue weighted by Crippen LogP contribution is -1.91. The minimum absolute atomic E-state index is 0.850. The van der Waals surface area contributed by atoms with Crippen molar-refractivity contribution < 1.29 is 9.47 Å². The molecule has 0 fully saturated rings. The zero-order valence-corrected chi connectivity index (χ0v) is 40.1. The van der Waals surface area contributed by atoms with Gasteiger partial charge in [0.05, 0.1) is 14.2 Å². The third kappa shape index (κ3) is 9.67. The third-order valence-electron chi connectivity index (χ3n) is 13.4. The molecule has 0 N–H and O–H groups in total. The fourth-order valence-electron chi connectivity index (χ4n) is 9.51. The molecular weight excluding hydrogens is 849 g/mol. The summed E-state index contributed by atoms with van der Waals surface area (Å²) in [4.78, 5) is 0. The van der Waals surface area contributed by atoms with E-state index in [1.165, 1.54) is 104 Å². The van der Waals surface area contributed by atoms with E-state index >= 15 is 0 Å². The zero-order valence-electron chi connectivity index (χ0n) is 40.1. The SMILES string of the molecule is COc1ccc(/C(=C\c2ccccc2C)c2ccc3ccccc3c2)cc1.COc1ccc(/C(=C\c2ccccc2C=Cc2c3ccccc3c(C)c3ccccc23)c2ccc3ccccc3c2)cc1. The predicted octanol–water partition coefficient (Wildman–Crippen LogP) is 18.0. The monoisotopic (exact) mass is 902 g/mol. The molecule has 338 valence electrons. The number of hydrogen-bond donors (Lipinski definition) is 0. The summed E-state index contributed by atoms with van der Waals surface area (Å²) < 4.78 is 10.8. The minimum atomic E-state index is 0.850. The first-order valence-corrected chi connectivity index (χ1v) is 23.9. The van der Waals surface area contributed by atoms with Crippen LogP contribution in [0.2, 0.25) is 0 Å². The predicted molar refractivity (Wildman–Crippen MR) is 301 cm³/mol. The van der Waals surface area contributed by atoms with E-state index in [-0.39, 0.29) is 0 Å². The summed E-state index contributed by atoms with van der Waals surface area (Å²) in [5.74, 6) is 1.72. The highest BCUT2D eigenvalue weighted by Gasteiger charge is 2.12. The molecule has 0 saturated heterocycles. The number of hydrogen-bond acceptors (Lipinski definition) is 2. The molecule has 0 atom stereocenters. The van der Waals surface area contributed by atoms with E-state index in [0.29, 0.717) is 0 Å². The molecule has 11 rings (SSSR count). The van der Waals surface area contributed by atoms with Gasteiger partial charge in [-0.05, 0) is 172 Å². The topological polar surface area (TPSA) is 18.5 Å². The van der Waals surface area contributed by atoms with Gasteiger partial charge in [-0.2, -0.15) is 0 Å². The summed E-state index contributed by atoms with van der Waals surface area (Å²) in [5, 5.41) is 10.1. The second-order valence-corrected chi connectivity index (χ2v) is 17.6. The maximum absolute atomic E-state index is 5.46. The lowest BCUT2D eigenvalue weighted by atomic mass is 9.91. The Morgan fingerprint density at radius 2 is 0.714 bits per heavy atom. The van der Waals surface area contributed by atoms with Gasteiger partial charge in [0.2, 0.25) is 0 Å². The van der Waals surface area contributed by atoms with Crippen LogP contribution in [0.1, 0.15) is 55.6 Å². The van der Waals surface area contributed by atoms with Crippen LogP contribution >= 0.6 is 0 Å². The van der Waals surface area contributed by atoms with E-state index in [1.54, 1.807) is 14.2 Å². The zero-order chi connectivity index (χ0) is 47.8. The molecule has 11 aromatic rings. The number of rotatable bonds is 10. The quantitative estimate of drug-likeness (QED) is 0.101. The van der Waals surface area contributed by atoms with E-state index in [2.05, 4.69) is 244 Å². The van der Waals surface area contributed by atoms with E-state index in [9.17, 15) is 0 Å². The molecule has 0 aromatic heterocycles. The Balaban J connectivity index is 0.000000180. The van der Waals surface area contributed by atoms with Crippen molar-refractivity contribution in [1.82, 2.24) is 0 Å². The van der Waals surface area contributed by atoms with Gasteiger partial charge in [0.25, 0.3) is 0 Å². The van der Waals surface area contributed by atoms with Gasteiger partial charge in [-0.15, -0.1) is 0 Å². The average molecular weight is 903 g/mol. The van der Waals surface area contributed by atoms with Gasteiger partial charge < -0.3 is 9.47 Å². The highest BCUT2D eigenvalue weighted by Crippen LogP contribution is 2.36. The molecule has 0 aliphatic heterocycles. The standard InChI is InChI=1S/C42H32O.C26H22O/c1-29-37-15-7-9-17-39(37)41(40-18-10-8-16-38(29)40)26-23-31-12-4-6-14-34(31)28-42(32-21-24-36(43-2)25-22-32)35-20-19-30-11-3-5-13-33(30)27-35;1-19-7-3-4-9-22(19)18-26(21-13-15-25(27-2)16-14-21)24-12-11-20-8-5-6-10-23(20)17-24/h3-28H,1-2H3;3-18H,1-2H3/b26-23?,42-28+;26-18+. The largest absolute Gasteiger partial charge is 0.497 e. The molecule has 0 aliphatic carbocycles. The molecule has 0 aliphatic rings. The first-order valence-electron chi connectivity index (χ1n) is 23.9. The van der Waals surface area contributed by atoms with Gasteiger partial charge in [0.15, 0.2) is 0 Å². The van der Waals surface area contributed by atoms with Crippen LogP contribution in [0.5, 0.6) is 11.5 Å². The van der Waals surface area contributed by atoms with Crippen LogP contribution in [-0.4, -0.2) is 14.2 Å².